The normalized spacial score (nSPS) is 14.8. The number of amides is 2. The summed E-state index contributed by atoms with van der Waals surface area (Å²) in [4.78, 5) is 23.6. The van der Waals surface area contributed by atoms with Crippen LogP contribution in [0.3, 0.4) is 0 Å². The third-order valence-electron chi connectivity index (χ3n) is 6.68. The molecular weight excluding hydrogens is 488 g/mol. The van der Waals surface area contributed by atoms with E-state index in [0.717, 1.165) is 34.2 Å². The minimum absolute atomic E-state index is 0.160. The molecule has 0 radical (unpaired) electrons. The Balaban J connectivity index is 1.45. The summed E-state index contributed by atoms with van der Waals surface area (Å²) in [7, 11) is 0. The highest BCUT2D eigenvalue weighted by molar-refractivity contribution is 6.32. The summed E-state index contributed by atoms with van der Waals surface area (Å²) in [5.74, 6) is 0.615. The average Bonchev–Trinajstić information content (AvgIpc) is 3.42. The van der Waals surface area contributed by atoms with Crippen LogP contribution < -0.4 is 10.1 Å². The topological polar surface area (TPSA) is 80.5 Å². The molecule has 8 heteroatoms. The maximum atomic E-state index is 13.4. The highest BCUT2D eigenvalue weighted by Crippen LogP contribution is 2.41. The molecular formula is C29H29ClN4O3. The van der Waals surface area contributed by atoms with Gasteiger partial charge in [-0.3, -0.25) is 4.98 Å². The summed E-state index contributed by atoms with van der Waals surface area (Å²) < 4.78 is 11.2. The molecule has 0 bridgehead atoms. The van der Waals surface area contributed by atoms with Crippen LogP contribution in [0.2, 0.25) is 5.02 Å². The van der Waals surface area contributed by atoms with Gasteiger partial charge in [0.05, 0.1) is 29.9 Å². The van der Waals surface area contributed by atoms with Crippen molar-refractivity contribution >= 4 is 17.6 Å². The maximum absolute atomic E-state index is 13.4. The number of ether oxygens (including phenoxy) is 1. The van der Waals surface area contributed by atoms with E-state index < -0.39 is 0 Å². The number of oxazole rings is 1. The highest BCUT2D eigenvalue weighted by atomic mass is 35.5. The third-order valence-corrected chi connectivity index (χ3v) is 6.97. The van der Waals surface area contributed by atoms with Gasteiger partial charge in [-0.25, -0.2) is 9.78 Å². The van der Waals surface area contributed by atoms with E-state index in [1.165, 1.54) is 18.2 Å². The SMILES string of the molecule is Cc1ccc(C2c3cc(OCCc4cccnc4)c(Cl)cc3CCN2C(=O)NCc2cocn2)c(C)c1. The second kappa shape index (κ2) is 11.0. The quantitative estimate of drug-likeness (QED) is 0.335. The molecule has 1 unspecified atom stereocenters. The van der Waals surface area contributed by atoms with Gasteiger partial charge in [-0.2, -0.15) is 0 Å². The number of aromatic nitrogens is 2. The molecule has 190 valence electrons. The first kappa shape index (κ1) is 24.8. The van der Waals surface area contributed by atoms with Crippen molar-refractivity contribution in [3.05, 3.63) is 112 Å². The van der Waals surface area contributed by atoms with Gasteiger partial charge in [0.1, 0.15) is 12.0 Å². The number of fused-ring (bicyclic) bond motifs is 1. The molecule has 7 nitrogen and oxygen atoms in total. The Bertz CT molecular complexity index is 1380. The molecule has 1 N–H and O–H groups in total. The molecule has 0 saturated carbocycles. The first-order chi connectivity index (χ1) is 18.0. The van der Waals surface area contributed by atoms with Crippen molar-refractivity contribution in [1.29, 1.82) is 0 Å². The lowest BCUT2D eigenvalue weighted by Crippen LogP contribution is -2.46. The van der Waals surface area contributed by atoms with Gasteiger partial charge in [-0.1, -0.05) is 41.4 Å². The molecule has 0 fully saturated rings. The number of aryl methyl sites for hydroxylation is 2. The lowest BCUT2D eigenvalue weighted by Gasteiger charge is -2.38. The third kappa shape index (κ3) is 5.62. The van der Waals surface area contributed by atoms with E-state index in [9.17, 15) is 4.79 Å². The summed E-state index contributed by atoms with van der Waals surface area (Å²) in [5, 5.41) is 3.57. The summed E-state index contributed by atoms with van der Waals surface area (Å²) >= 11 is 6.65. The van der Waals surface area contributed by atoms with Gasteiger partial charge in [-0.05, 0) is 66.3 Å². The monoisotopic (exact) mass is 516 g/mol. The van der Waals surface area contributed by atoms with Gasteiger partial charge in [0.15, 0.2) is 6.39 Å². The lowest BCUT2D eigenvalue weighted by molar-refractivity contribution is 0.179. The summed E-state index contributed by atoms with van der Waals surface area (Å²) in [6.45, 7) is 5.49. The van der Waals surface area contributed by atoms with Crippen LogP contribution in [-0.4, -0.2) is 34.1 Å². The molecule has 2 amide bonds. The maximum Gasteiger partial charge on any atom is 0.318 e. The molecule has 4 aromatic rings. The van der Waals surface area contributed by atoms with Crippen molar-refractivity contribution in [3.8, 4) is 5.75 Å². The highest BCUT2D eigenvalue weighted by Gasteiger charge is 2.34. The zero-order valence-electron chi connectivity index (χ0n) is 20.9. The molecule has 1 atom stereocenters. The Hall–Kier alpha value is -3.84. The van der Waals surface area contributed by atoms with E-state index in [2.05, 4.69) is 47.3 Å². The number of benzene rings is 2. The van der Waals surface area contributed by atoms with E-state index in [1.54, 1.807) is 6.20 Å². The molecule has 0 aliphatic carbocycles. The minimum Gasteiger partial charge on any atom is -0.492 e. The number of urea groups is 1. The number of hydrogen-bond donors (Lipinski definition) is 1. The van der Waals surface area contributed by atoms with Gasteiger partial charge in [0.25, 0.3) is 0 Å². The van der Waals surface area contributed by atoms with Crippen LogP contribution in [0.25, 0.3) is 0 Å². The van der Waals surface area contributed by atoms with E-state index in [0.29, 0.717) is 42.6 Å². The Kier molecular flexibility index (Phi) is 7.42. The average molecular weight is 517 g/mol. The van der Waals surface area contributed by atoms with Gasteiger partial charge in [-0.15, -0.1) is 0 Å². The van der Waals surface area contributed by atoms with Crippen molar-refractivity contribution in [2.24, 2.45) is 0 Å². The second-order valence-corrected chi connectivity index (χ2v) is 9.69. The lowest BCUT2D eigenvalue weighted by atomic mass is 9.86. The second-order valence-electron chi connectivity index (χ2n) is 9.29. The first-order valence-electron chi connectivity index (χ1n) is 12.3. The smallest absolute Gasteiger partial charge is 0.318 e. The molecule has 2 aromatic carbocycles. The molecule has 37 heavy (non-hydrogen) atoms. The molecule has 0 saturated heterocycles. The number of nitrogens with zero attached hydrogens (tertiary/aromatic N) is 3. The molecule has 1 aliphatic heterocycles. The predicted molar refractivity (Wildman–Crippen MR) is 142 cm³/mol. The summed E-state index contributed by atoms with van der Waals surface area (Å²) in [6, 6.07) is 13.8. The number of carbonyl (C=O) groups excluding carboxylic acids is 1. The largest absolute Gasteiger partial charge is 0.492 e. The summed E-state index contributed by atoms with van der Waals surface area (Å²) in [6.07, 6.45) is 7.90. The fourth-order valence-corrected chi connectivity index (χ4v) is 5.07. The molecule has 5 rings (SSSR count). The van der Waals surface area contributed by atoms with Crippen molar-refractivity contribution in [2.75, 3.05) is 13.2 Å². The standard InChI is InChI=1S/C29H29ClN4O3/c1-19-5-6-24(20(2)12-19)28-25-14-27(37-11-8-21-4-3-9-31-15-21)26(30)13-22(25)7-10-34(28)29(35)32-16-23-17-36-18-33-23/h3-6,9,12-15,17-18,28H,7-8,10-11,16H2,1-2H3,(H,32,35). The van der Waals surface area contributed by atoms with Gasteiger partial charge >= 0.3 is 6.03 Å². The first-order valence-corrected chi connectivity index (χ1v) is 12.7. The fraction of sp³-hybridized carbons (Fsp3) is 0.276. The number of halogens is 1. The van der Waals surface area contributed by atoms with Gasteiger partial charge in [0, 0.05) is 25.4 Å². The predicted octanol–water partition coefficient (Wildman–Crippen LogP) is 5.82. The number of pyridine rings is 1. The van der Waals surface area contributed by atoms with Crippen molar-refractivity contribution in [1.82, 2.24) is 20.2 Å². The zero-order chi connectivity index (χ0) is 25.8. The van der Waals surface area contributed by atoms with Crippen LogP contribution in [0.1, 0.15) is 45.1 Å². The Labute approximate surface area is 221 Å². The summed E-state index contributed by atoms with van der Waals surface area (Å²) in [5.41, 5.74) is 7.29. The molecule has 1 aliphatic rings. The number of carbonyl (C=O) groups is 1. The Morgan fingerprint density at radius 1 is 1.22 bits per heavy atom. The van der Waals surface area contributed by atoms with Crippen LogP contribution in [0.15, 0.2) is 71.9 Å². The van der Waals surface area contributed by atoms with Gasteiger partial charge < -0.3 is 19.4 Å². The number of rotatable bonds is 7. The van der Waals surface area contributed by atoms with Crippen molar-refractivity contribution < 1.29 is 13.9 Å². The molecule has 3 heterocycles. The fourth-order valence-electron chi connectivity index (χ4n) is 4.83. The van der Waals surface area contributed by atoms with Crippen LogP contribution in [0, 0.1) is 13.8 Å². The number of nitrogens with one attached hydrogen (secondary N) is 1. The Morgan fingerprint density at radius 2 is 2.11 bits per heavy atom. The minimum atomic E-state index is -0.278. The van der Waals surface area contributed by atoms with Crippen molar-refractivity contribution in [2.45, 2.75) is 39.3 Å². The van der Waals surface area contributed by atoms with E-state index in [-0.39, 0.29) is 12.1 Å². The molecule has 0 spiro atoms. The zero-order valence-corrected chi connectivity index (χ0v) is 21.7. The molecule has 2 aromatic heterocycles. The van der Waals surface area contributed by atoms with Crippen LogP contribution >= 0.6 is 11.6 Å². The van der Waals surface area contributed by atoms with E-state index in [4.69, 9.17) is 20.8 Å². The van der Waals surface area contributed by atoms with Crippen molar-refractivity contribution in [3.63, 3.8) is 0 Å². The van der Waals surface area contributed by atoms with E-state index in [1.807, 2.05) is 35.4 Å². The number of hydrogen-bond acceptors (Lipinski definition) is 5. The van der Waals surface area contributed by atoms with E-state index >= 15 is 0 Å². The van der Waals surface area contributed by atoms with Crippen LogP contribution in [-0.2, 0) is 19.4 Å². The van der Waals surface area contributed by atoms with Gasteiger partial charge in [0.2, 0.25) is 0 Å². The van der Waals surface area contributed by atoms with Crippen LogP contribution in [0.5, 0.6) is 5.75 Å². The van der Waals surface area contributed by atoms with Crippen LogP contribution in [0.4, 0.5) is 4.79 Å². The Morgan fingerprint density at radius 3 is 2.86 bits per heavy atom.